The second-order valence-electron chi connectivity index (χ2n) is 11.9. The summed E-state index contributed by atoms with van der Waals surface area (Å²) in [5, 5.41) is 10.5. The molecule has 36 heavy (non-hydrogen) atoms. The molecule has 5 nitrogen and oxygen atoms in total. The molecule has 2 aliphatic carbocycles. The third kappa shape index (κ3) is 5.19. The maximum atomic E-state index is 13.8. The van der Waals surface area contributed by atoms with Crippen molar-refractivity contribution in [2.45, 2.75) is 63.5 Å². The first-order valence-corrected chi connectivity index (χ1v) is 13.8. The van der Waals surface area contributed by atoms with E-state index < -0.39 is 0 Å². The van der Waals surface area contributed by atoms with Gasteiger partial charge in [-0.3, -0.25) is 4.79 Å². The van der Waals surface area contributed by atoms with E-state index in [4.69, 9.17) is 4.74 Å². The normalized spacial score (nSPS) is 28.6. The summed E-state index contributed by atoms with van der Waals surface area (Å²) in [6.45, 7) is 8.37. The zero-order chi connectivity index (χ0) is 25.3. The van der Waals surface area contributed by atoms with Gasteiger partial charge in [-0.15, -0.1) is 0 Å². The Balaban J connectivity index is 1.51. The van der Waals surface area contributed by atoms with Crippen LogP contribution in [0.5, 0.6) is 5.75 Å². The lowest BCUT2D eigenvalue weighted by atomic mass is 9.56. The predicted molar refractivity (Wildman–Crippen MR) is 143 cm³/mol. The second kappa shape index (κ2) is 10.5. The van der Waals surface area contributed by atoms with E-state index >= 15 is 0 Å². The number of amides is 1. The lowest BCUT2D eigenvalue weighted by Gasteiger charge is -2.57. The fraction of sp³-hybridized carbons (Fsp3) is 0.581. The molecular formula is C31H42N2O3. The van der Waals surface area contributed by atoms with Crippen LogP contribution in [0.4, 0.5) is 0 Å². The number of phenols is 1. The van der Waals surface area contributed by atoms with Gasteiger partial charge in [-0.2, -0.15) is 0 Å². The fourth-order valence-electron chi connectivity index (χ4n) is 6.91. The lowest BCUT2D eigenvalue weighted by molar-refractivity contribution is -0.0824. The number of benzene rings is 2. The van der Waals surface area contributed by atoms with Crippen LogP contribution in [-0.4, -0.2) is 66.2 Å². The van der Waals surface area contributed by atoms with Gasteiger partial charge in [0.05, 0.1) is 6.10 Å². The van der Waals surface area contributed by atoms with E-state index in [0.29, 0.717) is 17.6 Å². The highest BCUT2D eigenvalue weighted by atomic mass is 16.5. The highest BCUT2D eigenvalue weighted by molar-refractivity contribution is 5.94. The molecule has 5 heteroatoms. The van der Waals surface area contributed by atoms with Gasteiger partial charge in [-0.05, 0) is 80.3 Å². The highest BCUT2D eigenvalue weighted by Gasteiger charge is 2.54. The topological polar surface area (TPSA) is 53.0 Å². The molecule has 2 saturated carbocycles. The van der Waals surface area contributed by atoms with E-state index in [0.717, 1.165) is 50.4 Å². The van der Waals surface area contributed by atoms with Gasteiger partial charge in [0.15, 0.2) is 0 Å². The molecule has 4 atom stereocenters. The Morgan fingerprint density at radius 1 is 1.17 bits per heavy atom. The molecule has 2 aromatic carbocycles. The maximum absolute atomic E-state index is 13.8. The highest BCUT2D eigenvalue weighted by Crippen LogP contribution is 2.52. The van der Waals surface area contributed by atoms with E-state index in [9.17, 15) is 9.90 Å². The first-order chi connectivity index (χ1) is 17.4. The Kier molecular flexibility index (Phi) is 7.41. The molecule has 1 N–H and O–H groups in total. The first kappa shape index (κ1) is 25.3. The molecule has 0 bridgehead atoms. The number of rotatable bonds is 8. The minimum absolute atomic E-state index is 0.0614. The van der Waals surface area contributed by atoms with Crippen molar-refractivity contribution in [2.24, 2.45) is 17.8 Å². The van der Waals surface area contributed by atoms with Crippen LogP contribution in [0.1, 0.15) is 61.9 Å². The van der Waals surface area contributed by atoms with Gasteiger partial charge >= 0.3 is 0 Å². The summed E-state index contributed by atoms with van der Waals surface area (Å²) in [5.41, 5.74) is 1.82. The zero-order valence-electron chi connectivity index (χ0n) is 22.1. The number of carbonyl (C=O) groups is 1. The van der Waals surface area contributed by atoms with Crippen LogP contribution >= 0.6 is 0 Å². The Bertz CT molecular complexity index is 1040. The molecule has 3 unspecified atom stereocenters. The predicted octanol–water partition coefficient (Wildman–Crippen LogP) is 5.34. The van der Waals surface area contributed by atoms with Crippen molar-refractivity contribution in [1.29, 1.82) is 0 Å². The molecular weight excluding hydrogens is 448 g/mol. The van der Waals surface area contributed by atoms with Crippen LogP contribution in [0.3, 0.4) is 0 Å². The number of ether oxygens (including phenoxy) is 1. The maximum Gasteiger partial charge on any atom is 0.254 e. The van der Waals surface area contributed by atoms with E-state index in [2.05, 4.69) is 29.7 Å². The summed E-state index contributed by atoms with van der Waals surface area (Å²) in [6.07, 6.45) is 5.57. The van der Waals surface area contributed by atoms with Crippen molar-refractivity contribution in [3.8, 4) is 5.75 Å². The zero-order valence-corrected chi connectivity index (χ0v) is 22.1. The quantitative estimate of drug-likeness (QED) is 0.543. The molecule has 1 heterocycles. The van der Waals surface area contributed by atoms with Crippen LogP contribution in [0.15, 0.2) is 54.6 Å². The number of carbonyl (C=O) groups excluding carboxylic acids is 1. The summed E-state index contributed by atoms with van der Waals surface area (Å²) in [6, 6.07) is 17.7. The van der Waals surface area contributed by atoms with E-state index in [-0.39, 0.29) is 23.5 Å². The van der Waals surface area contributed by atoms with Crippen molar-refractivity contribution in [1.82, 2.24) is 9.80 Å². The van der Waals surface area contributed by atoms with Crippen LogP contribution in [-0.2, 0) is 10.2 Å². The molecule has 2 aromatic rings. The Morgan fingerprint density at radius 2 is 1.94 bits per heavy atom. The minimum atomic E-state index is -0.130. The van der Waals surface area contributed by atoms with Crippen LogP contribution in [0.2, 0.25) is 0 Å². The summed E-state index contributed by atoms with van der Waals surface area (Å²) >= 11 is 0. The van der Waals surface area contributed by atoms with Gasteiger partial charge in [0.1, 0.15) is 5.75 Å². The van der Waals surface area contributed by atoms with E-state index in [1.807, 2.05) is 49.6 Å². The molecule has 1 aliphatic heterocycles. The number of methoxy groups -OCH3 is 1. The molecule has 0 spiro atoms. The van der Waals surface area contributed by atoms with E-state index in [1.54, 1.807) is 6.07 Å². The van der Waals surface area contributed by atoms with Crippen LogP contribution < -0.4 is 0 Å². The van der Waals surface area contributed by atoms with Crippen molar-refractivity contribution >= 4 is 5.91 Å². The molecule has 5 rings (SSSR count). The summed E-state index contributed by atoms with van der Waals surface area (Å²) in [5.74, 6) is 1.99. The van der Waals surface area contributed by atoms with Crippen LogP contribution in [0.25, 0.3) is 0 Å². The number of hydrogen-bond acceptors (Lipinski definition) is 4. The second-order valence-corrected chi connectivity index (χ2v) is 11.9. The first-order valence-electron chi connectivity index (χ1n) is 13.8. The Hall–Kier alpha value is -2.37. The molecule has 1 saturated heterocycles. The van der Waals surface area contributed by atoms with Crippen molar-refractivity contribution < 1.29 is 14.6 Å². The number of fused-ring (bicyclic) bond motifs is 1. The summed E-state index contributed by atoms with van der Waals surface area (Å²) < 4.78 is 6.25. The van der Waals surface area contributed by atoms with E-state index in [1.165, 1.54) is 24.9 Å². The average molecular weight is 491 g/mol. The summed E-state index contributed by atoms with van der Waals surface area (Å²) in [7, 11) is 1.84. The number of likely N-dealkylation sites (tertiary alicyclic amines) is 1. The fourth-order valence-corrected chi connectivity index (χ4v) is 6.91. The van der Waals surface area contributed by atoms with Crippen molar-refractivity contribution in [3.05, 3.63) is 65.7 Å². The number of phenolic OH excluding ortho intramolecular Hbond substituents is 1. The average Bonchev–Trinajstić information content (AvgIpc) is 3.71. The molecule has 3 aliphatic rings. The molecule has 1 amide bonds. The van der Waals surface area contributed by atoms with Gasteiger partial charge in [0.25, 0.3) is 5.91 Å². The number of nitrogens with zero attached hydrogens (tertiary/aromatic N) is 2. The van der Waals surface area contributed by atoms with Crippen molar-refractivity contribution in [2.75, 3.05) is 33.3 Å². The molecule has 0 aromatic heterocycles. The van der Waals surface area contributed by atoms with Crippen molar-refractivity contribution in [3.63, 3.8) is 0 Å². The number of piperidine rings is 1. The third-order valence-corrected chi connectivity index (χ3v) is 8.81. The van der Waals surface area contributed by atoms with Gasteiger partial charge < -0.3 is 19.6 Å². The summed E-state index contributed by atoms with van der Waals surface area (Å²) in [4.78, 5) is 18.6. The van der Waals surface area contributed by atoms with Gasteiger partial charge in [0.2, 0.25) is 0 Å². The SMILES string of the molecule is COC1C[C@@H](N(CC(C)C)C(=O)c2ccccc2)CC2(c3cccc(O)c3)CCN(CC3CC3)CC12. The van der Waals surface area contributed by atoms with Crippen LogP contribution in [0, 0.1) is 17.8 Å². The molecule has 194 valence electrons. The molecule has 3 fully saturated rings. The van der Waals surface area contributed by atoms with Gasteiger partial charge in [-0.1, -0.05) is 44.2 Å². The number of aromatic hydroxyl groups is 1. The standard InChI is InChI=1S/C31H42N2O3/c1-22(2)19-33(30(35)24-8-5-4-6-9-24)26-17-29(36-3)28-21-32(20-23-12-13-23)15-14-31(28,18-26)25-10-7-11-27(34)16-25/h4-11,16,22-23,26,28-29,34H,12-15,17-21H2,1-3H3/t26-,28?,29?,31?/m1/s1. The minimum Gasteiger partial charge on any atom is -0.508 e. The van der Waals surface area contributed by atoms with Gasteiger partial charge in [0, 0.05) is 49.7 Å². The monoisotopic (exact) mass is 490 g/mol. The Morgan fingerprint density at radius 3 is 2.61 bits per heavy atom. The van der Waals surface area contributed by atoms with Gasteiger partial charge in [-0.25, -0.2) is 0 Å². The Labute approximate surface area is 216 Å². The third-order valence-electron chi connectivity index (χ3n) is 8.81. The lowest BCUT2D eigenvalue weighted by Crippen LogP contribution is -2.62. The smallest absolute Gasteiger partial charge is 0.254 e. The molecule has 0 radical (unpaired) electrons. The largest absolute Gasteiger partial charge is 0.508 e. The number of hydrogen-bond donors (Lipinski definition) is 1.